The molecule has 34 heavy (non-hydrogen) atoms. The van der Waals surface area contributed by atoms with Gasteiger partial charge in [-0.2, -0.15) is 0 Å². The van der Waals surface area contributed by atoms with Crippen LogP contribution in [0.2, 0.25) is 0 Å². The third kappa shape index (κ3) is 6.18. The summed E-state index contributed by atoms with van der Waals surface area (Å²) >= 11 is 0. The van der Waals surface area contributed by atoms with Crippen LogP contribution in [0.3, 0.4) is 0 Å². The molecular formula is C26H35N3O5. The van der Waals surface area contributed by atoms with Crippen molar-refractivity contribution in [1.82, 2.24) is 15.2 Å². The first-order valence-corrected chi connectivity index (χ1v) is 11.9. The van der Waals surface area contributed by atoms with Crippen LogP contribution in [0.15, 0.2) is 24.3 Å². The van der Waals surface area contributed by atoms with E-state index in [-0.39, 0.29) is 23.7 Å². The summed E-state index contributed by atoms with van der Waals surface area (Å²) < 4.78 is 10.3. The first-order valence-electron chi connectivity index (χ1n) is 11.9. The summed E-state index contributed by atoms with van der Waals surface area (Å²) in [4.78, 5) is 42.7. The van der Waals surface area contributed by atoms with Gasteiger partial charge in [-0.1, -0.05) is 12.1 Å². The van der Waals surface area contributed by atoms with Crippen LogP contribution < -0.4 is 10.1 Å². The molecule has 0 radical (unpaired) electrons. The molecule has 2 N–H and O–H groups in total. The Bertz CT molecular complexity index is 1030. The number of methoxy groups -OCH3 is 1. The van der Waals surface area contributed by atoms with Crippen molar-refractivity contribution in [2.75, 3.05) is 26.8 Å². The van der Waals surface area contributed by atoms with Crippen molar-refractivity contribution in [3.63, 3.8) is 0 Å². The van der Waals surface area contributed by atoms with Gasteiger partial charge in [-0.15, -0.1) is 0 Å². The maximum Gasteiger partial charge on any atom is 0.355 e. The molecule has 3 rings (SSSR count). The second kappa shape index (κ2) is 11.7. The molecule has 1 aliphatic rings. The molecular weight excluding hydrogens is 434 g/mol. The Morgan fingerprint density at radius 3 is 2.76 bits per heavy atom. The third-order valence-electron chi connectivity index (χ3n) is 6.41. The summed E-state index contributed by atoms with van der Waals surface area (Å²) in [6.07, 6.45) is 2.44. The molecule has 8 heteroatoms. The summed E-state index contributed by atoms with van der Waals surface area (Å²) in [6, 6.07) is 7.60. The van der Waals surface area contributed by atoms with Gasteiger partial charge in [0.05, 0.1) is 19.6 Å². The monoisotopic (exact) mass is 469 g/mol. The van der Waals surface area contributed by atoms with Crippen LogP contribution in [-0.2, 0) is 27.3 Å². The van der Waals surface area contributed by atoms with E-state index in [1.807, 2.05) is 38.1 Å². The number of nitrogens with zero attached hydrogens (tertiary/aromatic N) is 1. The largest absolute Gasteiger partial charge is 0.497 e. The smallest absolute Gasteiger partial charge is 0.355 e. The lowest BCUT2D eigenvalue weighted by molar-refractivity contribution is -0.135. The normalized spacial score (nSPS) is 15.6. The molecule has 2 amide bonds. The van der Waals surface area contributed by atoms with E-state index in [4.69, 9.17) is 9.47 Å². The lowest BCUT2D eigenvalue weighted by Gasteiger charge is -2.32. The van der Waals surface area contributed by atoms with E-state index in [1.165, 1.54) is 0 Å². The lowest BCUT2D eigenvalue weighted by Crippen LogP contribution is -2.45. The molecule has 1 aliphatic heterocycles. The number of H-pyrrole nitrogens is 1. The standard InChI is InChI=1S/C26H35N3O5/c1-5-34-26(32)24-17(2)22(18(3)28-24)11-12-23(30)29-13-7-9-20(16-29)25(31)27-15-19-8-6-10-21(14-19)33-4/h6,8,10,14,20,28H,5,7,9,11-13,15-16H2,1-4H3,(H,27,31)/t20-/m1/s1. The van der Waals surface area contributed by atoms with E-state index in [0.29, 0.717) is 44.8 Å². The average molecular weight is 470 g/mol. The number of piperidine rings is 1. The number of likely N-dealkylation sites (tertiary alicyclic amines) is 1. The van der Waals surface area contributed by atoms with Crippen molar-refractivity contribution in [2.24, 2.45) is 5.92 Å². The van der Waals surface area contributed by atoms with E-state index in [0.717, 1.165) is 41.0 Å². The highest BCUT2D eigenvalue weighted by atomic mass is 16.5. The fourth-order valence-corrected chi connectivity index (χ4v) is 4.49. The van der Waals surface area contributed by atoms with Gasteiger partial charge < -0.3 is 24.7 Å². The van der Waals surface area contributed by atoms with E-state index in [2.05, 4.69) is 10.3 Å². The number of aromatic amines is 1. The maximum absolute atomic E-state index is 12.9. The van der Waals surface area contributed by atoms with E-state index >= 15 is 0 Å². The van der Waals surface area contributed by atoms with Crippen molar-refractivity contribution >= 4 is 17.8 Å². The van der Waals surface area contributed by atoms with Crippen LogP contribution >= 0.6 is 0 Å². The van der Waals surface area contributed by atoms with Gasteiger partial charge in [0.15, 0.2) is 0 Å². The van der Waals surface area contributed by atoms with Gasteiger partial charge in [0, 0.05) is 31.7 Å². The number of aryl methyl sites for hydroxylation is 1. The number of carbonyl (C=O) groups excluding carboxylic acids is 3. The highest BCUT2D eigenvalue weighted by Gasteiger charge is 2.28. The Balaban J connectivity index is 1.53. The summed E-state index contributed by atoms with van der Waals surface area (Å²) in [5.74, 6) is 0.164. The molecule has 1 saturated heterocycles. The quantitative estimate of drug-likeness (QED) is 0.549. The highest BCUT2D eigenvalue weighted by molar-refractivity contribution is 5.90. The number of carbonyl (C=O) groups is 3. The number of hydrogen-bond acceptors (Lipinski definition) is 5. The molecule has 0 unspecified atom stereocenters. The van der Waals surface area contributed by atoms with Crippen molar-refractivity contribution in [3.05, 3.63) is 52.3 Å². The molecule has 2 aromatic rings. The minimum atomic E-state index is -0.375. The Labute approximate surface area is 201 Å². The summed E-state index contributed by atoms with van der Waals surface area (Å²) in [6.45, 7) is 7.38. The molecule has 184 valence electrons. The Kier molecular flexibility index (Phi) is 8.73. The van der Waals surface area contributed by atoms with Gasteiger partial charge in [0.2, 0.25) is 11.8 Å². The fourth-order valence-electron chi connectivity index (χ4n) is 4.49. The van der Waals surface area contributed by atoms with Crippen molar-refractivity contribution in [1.29, 1.82) is 0 Å². The third-order valence-corrected chi connectivity index (χ3v) is 6.41. The SMILES string of the molecule is CCOC(=O)c1[nH]c(C)c(CCC(=O)N2CCC[C@@H](C(=O)NCc3cccc(OC)c3)C2)c1C. The van der Waals surface area contributed by atoms with Crippen molar-refractivity contribution in [2.45, 2.75) is 53.0 Å². The number of ether oxygens (including phenoxy) is 2. The number of amides is 2. The summed E-state index contributed by atoms with van der Waals surface area (Å²) in [5, 5.41) is 3.00. The molecule has 1 atom stereocenters. The highest BCUT2D eigenvalue weighted by Crippen LogP contribution is 2.22. The Morgan fingerprint density at radius 1 is 1.24 bits per heavy atom. The van der Waals surface area contributed by atoms with Gasteiger partial charge >= 0.3 is 5.97 Å². The van der Waals surface area contributed by atoms with Crippen LogP contribution in [0, 0.1) is 19.8 Å². The molecule has 2 heterocycles. The number of esters is 1. The number of nitrogens with one attached hydrogen (secondary N) is 2. The second-order valence-electron chi connectivity index (χ2n) is 8.70. The number of aromatic nitrogens is 1. The van der Waals surface area contributed by atoms with E-state index in [9.17, 15) is 14.4 Å². The number of rotatable bonds is 9. The number of benzene rings is 1. The fraction of sp³-hybridized carbons (Fsp3) is 0.500. The molecule has 0 aliphatic carbocycles. The predicted molar refractivity (Wildman–Crippen MR) is 129 cm³/mol. The van der Waals surface area contributed by atoms with Gasteiger partial charge in [0.25, 0.3) is 0 Å². The molecule has 1 aromatic heterocycles. The Morgan fingerprint density at radius 2 is 2.03 bits per heavy atom. The Hall–Kier alpha value is -3.29. The summed E-state index contributed by atoms with van der Waals surface area (Å²) in [7, 11) is 1.61. The van der Waals surface area contributed by atoms with Gasteiger partial charge in [-0.25, -0.2) is 4.79 Å². The molecule has 0 saturated carbocycles. The van der Waals surface area contributed by atoms with Crippen LogP contribution in [-0.4, -0.2) is 54.5 Å². The number of hydrogen-bond donors (Lipinski definition) is 2. The molecule has 0 spiro atoms. The van der Waals surface area contributed by atoms with Gasteiger partial charge in [-0.05, 0) is 68.9 Å². The zero-order valence-electron chi connectivity index (χ0n) is 20.5. The molecule has 0 bridgehead atoms. The zero-order valence-corrected chi connectivity index (χ0v) is 20.5. The first-order chi connectivity index (χ1) is 16.3. The van der Waals surface area contributed by atoms with Crippen LogP contribution in [0.25, 0.3) is 0 Å². The lowest BCUT2D eigenvalue weighted by atomic mass is 9.96. The van der Waals surface area contributed by atoms with Crippen molar-refractivity contribution < 1.29 is 23.9 Å². The molecule has 1 aromatic carbocycles. The van der Waals surface area contributed by atoms with Gasteiger partial charge in [0.1, 0.15) is 11.4 Å². The van der Waals surface area contributed by atoms with Gasteiger partial charge in [-0.3, -0.25) is 9.59 Å². The van der Waals surface area contributed by atoms with E-state index in [1.54, 1.807) is 18.9 Å². The molecule has 8 nitrogen and oxygen atoms in total. The van der Waals surface area contributed by atoms with Crippen LogP contribution in [0.5, 0.6) is 5.75 Å². The summed E-state index contributed by atoms with van der Waals surface area (Å²) in [5.41, 5.74) is 4.10. The van der Waals surface area contributed by atoms with Crippen molar-refractivity contribution in [3.8, 4) is 5.75 Å². The predicted octanol–water partition coefficient (Wildman–Crippen LogP) is 3.30. The second-order valence-corrected chi connectivity index (χ2v) is 8.70. The first kappa shape index (κ1) is 25.3. The van der Waals surface area contributed by atoms with E-state index < -0.39 is 0 Å². The average Bonchev–Trinajstić information content (AvgIpc) is 3.14. The molecule has 1 fully saturated rings. The minimum absolute atomic E-state index is 0.0305. The topological polar surface area (TPSA) is 101 Å². The van der Waals surface area contributed by atoms with Crippen LogP contribution in [0.4, 0.5) is 0 Å². The van der Waals surface area contributed by atoms with Crippen LogP contribution in [0.1, 0.15) is 59.1 Å². The zero-order chi connectivity index (χ0) is 24.7. The maximum atomic E-state index is 12.9. The minimum Gasteiger partial charge on any atom is -0.497 e.